The predicted molar refractivity (Wildman–Crippen MR) is 57.6 cm³/mol. The zero-order valence-corrected chi connectivity index (χ0v) is 9.30. The molecule has 0 aliphatic rings. The average molecular weight is 244 g/mol. The summed E-state index contributed by atoms with van der Waals surface area (Å²) in [7, 11) is 0. The van der Waals surface area contributed by atoms with Gasteiger partial charge in [0.25, 0.3) is 0 Å². The molecule has 0 radical (unpaired) electrons. The molecule has 0 bridgehead atoms. The van der Waals surface area contributed by atoms with E-state index in [0.29, 0.717) is 6.04 Å². The molecule has 0 spiro atoms. The average Bonchev–Trinajstić information content (AvgIpc) is 2.51. The highest BCUT2D eigenvalue weighted by molar-refractivity contribution is 9.10. The molecule has 0 aliphatic heterocycles. The SMILES string of the molecule is C=CCC(NCC)c1ccoc1Br. The van der Waals surface area contributed by atoms with Crippen LogP contribution in [-0.4, -0.2) is 6.54 Å². The molecule has 2 nitrogen and oxygen atoms in total. The van der Waals surface area contributed by atoms with Crippen molar-refractivity contribution in [1.82, 2.24) is 5.32 Å². The minimum Gasteiger partial charge on any atom is -0.457 e. The Hall–Kier alpha value is -0.540. The van der Waals surface area contributed by atoms with Crippen LogP contribution in [0.2, 0.25) is 0 Å². The van der Waals surface area contributed by atoms with Gasteiger partial charge in [-0.3, -0.25) is 0 Å². The Labute approximate surface area is 87.1 Å². The van der Waals surface area contributed by atoms with Crippen LogP contribution in [0.4, 0.5) is 0 Å². The van der Waals surface area contributed by atoms with E-state index < -0.39 is 0 Å². The Balaban J connectivity index is 2.74. The van der Waals surface area contributed by atoms with E-state index in [-0.39, 0.29) is 0 Å². The standard InChI is InChI=1S/C10H14BrNO/c1-3-5-9(12-4-2)8-6-7-13-10(8)11/h3,6-7,9,12H,1,4-5H2,2H3. The second kappa shape index (κ2) is 5.25. The van der Waals surface area contributed by atoms with Crippen molar-refractivity contribution < 1.29 is 4.42 Å². The fraction of sp³-hybridized carbons (Fsp3) is 0.400. The molecule has 1 heterocycles. The van der Waals surface area contributed by atoms with Gasteiger partial charge in [-0.15, -0.1) is 6.58 Å². The highest BCUT2D eigenvalue weighted by Crippen LogP contribution is 2.26. The Morgan fingerprint density at radius 1 is 1.77 bits per heavy atom. The van der Waals surface area contributed by atoms with Gasteiger partial charge in [-0.2, -0.15) is 0 Å². The molecule has 1 aromatic rings. The van der Waals surface area contributed by atoms with Gasteiger partial charge in [-0.25, -0.2) is 0 Å². The molecule has 0 aromatic carbocycles. The molecule has 13 heavy (non-hydrogen) atoms. The first-order valence-electron chi connectivity index (χ1n) is 4.36. The van der Waals surface area contributed by atoms with Crippen molar-refractivity contribution in [3.8, 4) is 0 Å². The third kappa shape index (κ3) is 2.71. The summed E-state index contributed by atoms with van der Waals surface area (Å²) < 4.78 is 5.99. The van der Waals surface area contributed by atoms with Crippen LogP contribution in [0.5, 0.6) is 0 Å². The first kappa shape index (κ1) is 10.5. The summed E-state index contributed by atoms with van der Waals surface area (Å²) in [4.78, 5) is 0. The van der Waals surface area contributed by atoms with Crippen LogP contribution in [0.1, 0.15) is 24.9 Å². The number of halogens is 1. The second-order valence-corrected chi connectivity index (χ2v) is 3.50. The van der Waals surface area contributed by atoms with E-state index in [1.54, 1.807) is 6.26 Å². The summed E-state index contributed by atoms with van der Waals surface area (Å²) in [5.41, 5.74) is 1.15. The fourth-order valence-corrected chi connectivity index (χ4v) is 1.80. The Morgan fingerprint density at radius 2 is 2.54 bits per heavy atom. The second-order valence-electron chi connectivity index (χ2n) is 2.78. The molecular weight excluding hydrogens is 230 g/mol. The highest BCUT2D eigenvalue weighted by Gasteiger charge is 2.13. The number of hydrogen-bond acceptors (Lipinski definition) is 2. The van der Waals surface area contributed by atoms with Crippen LogP contribution in [0.25, 0.3) is 0 Å². The van der Waals surface area contributed by atoms with Crippen LogP contribution in [0, 0.1) is 0 Å². The lowest BCUT2D eigenvalue weighted by Crippen LogP contribution is -2.20. The van der Waals surface area contributed by atoms with E-state index in [2.05, 4.69) is 34.7 Å². The van der Waals surface area contributed by atoms with E-state index in [1.807, 2.05) is 12.1 Å². The highest BCUT2D eigenvalue weighted by atomic mass is 79.9. The maximum absolute atomic E-state index is 5.18. The van der Waals surface area contributed by atoms with Gasteiger partial charge >= 0.3 is 0 Å². The van der Waals surface area contributed by atoms with Crippen molar-refractivity contribution in [3.63, 3.8) is 0 Å². The number of furan rings is 1. The van der Waals surface area contributed by atoms with E-state index >= 15 is 0 Å². The maximum Gasteiger partial charge on any atom is 0.173 e. The summed E-state index contributed by atoms with van der Waals surface area (Å²) in [6, 6.07) is 2.27. The zero-order chi connectivity index (χ0) is 9.68. The molecule has 1 rings (SSSR count). The molecule has 1 aromatic heterocycles. The number of nitrogens with one attached hydrogen (secondary N) is 1. The van der Waals surface area contributed by atoms with E-state index in [1.165, 1.54) is 0 Å². The summed E-state index contributed by atoms with van der Waals surface area (Å²) >= 11 is 3.37. The first-order valence-corrected chi connectivity index (χ1v) is 5.16. The van der Waals surface area contributed by atoms with Gasteiger partial charge in [-0.1, -0.05) is 13.0 Å². The van der Waals surface area contributed by atoms with Gasteiger partial charge < -0.3 is 9.73 Å². The van der Waals surface area contributed by atoms with Crippen molar-refractivity contribution in [2.75, 3.05) is 6.54 Å². The molecule has 0 aliphatic carbocycles. The van der Waals surface area contributed by atoms with Crippen molar-refractivity contribution in [3.05, 3.63) is 35.2 Å². The van der Waals surface area contributed by atoms with E-state index in [0.717, 1.165) is 23.2 Å². The van der Waals surface area contributed by atoms with Gasteiger partial charge in [-0.05, 0) is 35.0 Å². The third-order valence-corrected chi connectivity index (χ3v) is 2.52. The zero-order valence-electron chi connectivity index (χ0n) is 7.72. The minimum absolute atomic E-state index is 0.302. The van der Waals surface area contributed by atoms with Crippen LogP contribution >= 0.6 is 15.9 Å². The molecular formula is C10H14BrNO. The van der Waals surface area contributed by atoms with Crippen LogP contribution in [0.15, 0.2) is 34.1 Å². The van der Waals surface area contributed by atoms with E-state index in [9.17, 15) is 0 Å². The monoisotopic (exact) mass is 243 g/mol. The molecule has 1 unspecified atom stereocenters. The van der Waals surface area contributed by atoms with E-state index in [4.69, 9.17) is 4.42 Å². The molecule has 0 saturated carbocycles. The van der Waals surface area contributed by atoms with Crippen molar-refractivity contribution >= 4 is 15.9 Å². The van der Waals surface area contributed by atoms with Gasteiger partial charge in [0.1, 0.15) is 0 Å². The third-order valence-electron chi connectivity index (χ3n) is 1.87. The smallest absolute Gasteiger partial charge is 0.173 e. The molecule has 0 fully saturated rings. The summed E-state index contributed by atoms with van der Waals surface area (Å²) in [6.07, 6.45) is 4.51. The fourth-order valence-electron chi connectivity index (χ4n) is 1.29. The molecule has 1 N–H and O–H groups in total. The van der Waals surface area contributed by atoms with Crippen molar-refractivity contribution in [2.24, 2.45) is 0 Å². The Kier molecular flexibility index (Phi) is 4.25. The lowest BCUT2D eigenvalue weighted by molar-refractivity contribution is 0.510. The predicted octanol–water partition coefficient (Wildman–Crippen LogP) is 3.27. The Bertz CT molecular complexity index is 270. The number of hydrogen-bond donors (Lipinski definition) is 1. The summed E-state index contributed by atoms with van der Waals surface area (Å²) in [5.74, 6) is 0. The largest absolute Gasteiger partial charge is 0.457 e. The van der Waals surface area contributed by atoms with Gasteiger partial charge in [0.15, 0.2) is 4.67 Å². The van der Waals surface area contributed by atoms with Gasteiger partial charge in [0.05, 0.1) is 6.26 Å². The van der Waals surface area contributed by atoms with Gasteiger partial charge in [0, 0.05) is 11.6 Å². The summed E-state index contributed by atoms with van der Waals surface area (Å²) in [6.45, 7) is 6.76. The van der Waals surface area contributed by atoms with Crippen LogP contribution in [-0.2, 0) is 0 Å². The van der Waals surface area contributed by atoms with Crippen LogP contribution in [0.3, 0.4) is 0 Å². The topological polar surface area (TPSA) is 25.2 Å². The van der Waals surface area contributed by atoms with Crippen molar-refractivity contribution in [2.45, 2.75) is 19.4 Å². The quantitative estimate of drug-likeness (QED) is 0.804. The minimum atomic E-state index is 0.302. The molecule has 0 saturated heterocycles. The number of rotatable bonds is 5. The van der Waals surface area contributed by atoms with Crippen LogP contribution < -0.4 is 5.32 Å². The normalized spacial score (nSPS) is 12.8. The molecule has 1 atom stereocenters. The first-order chi connectivity index (χ1) is 6.29. The molecule has 0 amide bonds. The maximum atomic E-state index is 5.18. The summed E-state index contributed by atoms with van der Waals surface area (Å²) in [5, 5.41) is 3.37. The van der Waals surface area contributed by atoms with Crippen molar-refractivity contribution in [1.29, 1.82) is 0 Å². The lowest BCUT2D eigenvalue weighted by atomic mass is 10.1. The molecule has 3 heteroatoms. The Morgan fingerprint density at radius 3 is 3.00 bits per heavy atom. The molecule has 72 valence electrons. The lowest BCUT2D eigenvalue weighted by Gasteiger charge is -2.14. The van der Waals surface area contributed by atoms with Gasteiger partial charge in [0.2, 0.25) is 0 Å².